The SMILES string of the molecule is COc1nc(Cl)nc(NCC2CCOC2C)n1. The normalized spacial score (nSPS) is 23.7. The summed E-state index contributed by atoms with van der Waals surface area (Å²) in [6.07, 6.45) is 1.31. The first-order chi connectivity index (χ1) is 8.19. The van der Waals surface area contributed by atoms with Crippen molar-refractivity contribution in [1.82, 2.24) is 15.0 Å². The highest BCUT2D eigenvalue weighted by Crippen LogP contribution is 2.20. The number of hydrogen-bond acceptors (Lipinski definition) is 6. The van der Waals surface area contributed by atoms with E-state index in [0.717, 1.165) is 19.6 Å². The van der Waals surface area contributed by atoms with E-state index in [0.29, 0.717) is 11.9 Å². The van der Waals surface area contributed by atoms with Gasteiger partial charge in [-0.25, -0.2) is 0 Å². The van der Waals surface area contributed by atoms with E-state index in [1.54, 1.807) is 0 Å². The molecule has 1 aromatic heterocycles. The zero-order valence-electron chi connectivity index (χ0n) is 9.81. The summed E-state index contributed by atoms with van der Waals surface area (Å²) in [6.45, 7) is 3.64. The predicted octanol–water partition coefficient (Wildman–Crippen LogP) is 1.37. The van der Waals surface area contributed by atoms with Gasteiger partial charge in [0.1, 0.15) is 0 Å². The summed E-state index contributed by atoms with van der Waals surface area (Å²) < 4.78 is 10.4. The van der Waals surface area contributed by atoms with E-state index in [2.05, 4.69) is 27.2 Å². The Hall–Kier alpha value is -1.14. The Bertz CT molecular complexity index is 391. The lowest BCUT2D eigenvalue weighted by molar-refractivity contribution is 0.108. The van der Waals surface area contributed by atoms with Crippen LogP contribution in [-0.2, 0) is 4.74 Å². The van der Waals surface area contributed by atoms with Gasteiger partial charge < -0.3 is 14.8 Å². The Morgan fingerprint density at radius 2 is 2.29 bits per heavy atom. The number of aromatic nitrogens is 3. The van der Waals surface area contributed by atoms with Crippen molar-refractivity contribution in [2.24, 2.45) is 5.92 Å². The van der Waals surface area contributed by atoms with Crippen LogP contribution in [-0.4, -0.2) is 41.3 Å². The summed E-state index contributed by atoms with van der Waals surface area (Å²) in [5.41, 5.74) is 0. The molecule has 0 amide bonds. The second-order valence-electron chi connectivity index (χ2n) is 3.92. The Balaban J connectivity index is 1.96. The fourth-order valence-corrected chi connectivity index (χ4v) is 1.92. The van der Waals surface area contributed by atoms with Gasteiger partial charge in [-0.05, 0) is 24.9 Å². The van der Waals surface area contributed by atoms with Gasteiger partial charge in [-0.2, -0.15) is 15.0 Å². The summed E-state index contributed by atoms with van der Waals surface area (Å²) in [4.78, 5) is 11.8. The maximum atomic E-state index is 5.75. The minimum atomic E-state index is 0.120. The number of halogens is 1. The number of anilines is 1. The molecule has 94 valence electrons. The van der Waals surface area contributed by atoms with E-state index in [9.17, 15) is 0 Å². The minimum absolute atomic E-state index is 0.120. The lowest BCUT2D eigenvalue weighted by Gasteiger charge is -2.14. The maximum absolute atomic E-state index is 5.75. The Labute approximate surface area is 105 Å². The molecule has 0 radical (unpaired) electrons. The number of rotatable bonds is 4. The second-order valence-corrected chi connectivity index (χ2v) is 4.26. The molecule has 0 spiro atoms. The minimum Gasteiger partial charge on any atom is -0.467 e. The van der Waals surface area contributed by atoms with E-state index in [-0.39, 0.29) is 17.4 Å². The molecule has 2 heterocycles. The third-order valence-corrected chi connectivity index (χ3v) is 2.99. The van der Waals surface area contributed by atoms with E-state index < -0.39 is 0 Å². The van der Waals surface area contributed by atoms with Gasteiger partial charge in [-0.15, -0.1) is 0 Å². The number of hydrogen-bond donors (Lipinski definition) is 1. The van der Waals surface area contributed by atoms with Crippen LogP contribution >= 0.6 is 11.6 Å². The largest absolute Gasteiger partial charge is 0.467 e. The van der Waals surface area contributed by atoms with Crippen LogP contribution in [0.1, 0.15) is 13.3 Å². The van der Waals surface area contributed by atoms with Crippen LogP contribution in [0.5, 0.6) is 6.01 Å². The number of methoxy groups -OCH3 is 1. The van der Waals surface area contributed by atoms with E-state index in [1.807, 2.05) is 0 Å². The Morgan fingerprint density at radius 3 is 2.94 bits per heavy atom. The summed E-state index contributed by atoms with van der Waals surface area (Å²) in [5.74, 6) is 0.900. The van der Waals surface area contributed by atoms with Gasteiger partial charge >= 0.3 is 6.01 Å². The van der Waals surface area contributed by atoms with Crippen molar-refractivity contribution in [1.29, 1.82) is 0 Å². The van der Waals surface area contributed by atoms with Gasteiger partial charge in [0.15, 0.2) is 0 Å². The van der Waals surface area contributed by atoms with Crippen molar-refractivity contribution in [3.8, 4) is 6.01 Å². The monoisotopic (exact) mass is 258 g/mol. The zero-order valence-corrected chi connectivity index (χ0v) is 10.6. The molecule has 17 heavy (non-hydrogen) atoms. The van der Waals surface area contributed by atoms with Gasteiger partial charge in [0.25, 0.3) is 0 Å². The molecular formula is C10H15ClN4O2. The summed E-state index contributed by atoms with van der Waals surface area (Å²) in [5, 5.41) is 3.25. The maximum Gasteiger partial charge on any atom is 0.322 e. The summed E-state index contributed by atoms with van der Waals surface area (Å²) in [6, 6.07) is 0.211. The van der Waals surface area contributed by atoms with Gasteiger partial charge in [-0.1, -0.05) is 0 Å². The number of nitrogens with one attached hydrogen (secondary N) is 1. The Morgan fingerprint density at radius 1 is 1.47 bits per heavy atom. The molecule has 2 rings (SSSR count). The van der Waals surface area contributed by atoms with Crippen LogP contribution in [0.2, 0.25) is 5.28 Å². The fourth-order valence-electron chi connectivity index (χ4n) is 1.77. The quantitative estimate of drug-likeness (QED) is 0.880. The van der Waals surface area contributed by atoms with Crippen LogP contribution in [0.4, 0.5) is 5.95 Å². The molecule has 1 N–H and O–H groups in total. The van der Waals surface area contributed by atoms with Crippen molar-refractivity contribution in [2.45, 2.75) is 19.4 Å². The van der Waals surface area contributed by atoms with Gasteiger partial charge in [0.05, 0.1) is 13.2 Å². The molecule has 1 aliphatic heterocycles. The summed E-state index contributed by atoms with van der Waals surface area (Å²) >= 11 is 5.75. The van der Waals surface area contributed by atoms with Gasteiger partial charge in [0.2, 0.25) is 11.2 Å². The highest BCUT2D eigenvalue weighted by molar-refractivity contribution is 6.28. The van der Waals surface area contributed by atoms with Crippen molar-refractivity contribution < 1.29 is 9.47 Å². The average molecular weight is 259 g/mol. The third-order valence-electron chi connectivity index (χ3n) is 2.83. The first-order valence-corrected chi connectivity index (χ1v) is 5.88. The number of ether oxygens (including phenoxy) is 2. The highest BCUT2D eigenvalue weighted by Gasteiger charge is 2.24. The van der Waals surface area contributed by atoms with Crippen LogP contribution in [0, 0.1) is 5.92 Å². The van der Waals surface area contributed by atoms with E-state index in [1.165, 1.54) is 7.11 Å². The molecule has 6 nitrogen and oxygen atoms in total. The molecule has 0 aliphatic carbocycles. The number of nitrogens with zero attached hydrogens (tertiary/aromatic N) is 3. The first kappa shape index (κ1) is 12.3. The van der Waals surface area contributed by atoms with Crippen LogP contribution in [0.25, 0.3) is 0 Å². The van der Waals surface area contributed by atoms with Gasteiger partial charge in [-0.3, -0.25) is 0 Å². The third kappa shape index (κ3) is 3.17. The fraction of sp³-hybridized carbons (Fsp3) is 0.700. The molecule has 2 unspecified atom stereocenters. The standard InChI is InChI=1S/C10H15ClN4O2/c1-6-7(3-4-17-6)5-12-9-13-8(11)14-10(15-9)16-2/h6-7H,3-5H2,1-2H3,(H,12,13,14,15). The second kappa shape index (κ2) is 5.46. The van der Waals surface area contributed by atoms with Crippen molar-refractivity contribution in [3.63, 3.8) is 0 Å². The predicted molar refractivity (Wildman–Crippen MR) is 63.4 cm³/mol. The lowest BCUT2D eigenvalue weighted by atomic mass is 10.0. The lowest BCUT2D eigenvalue weighted by Crippen LogP contribution is -2.21. The molecule has 1 aliphatic rings. The molecule has 1 saturated heterocycles. The average Bonchev–Trinajstić information content (AvgIpc) is 2.71. The summed E-state index contributed by atoms with van der Waals surface area (Å²) in [7, 11) is 1.49. The van der Waals surface area contributed by atoms with Crippen LogP contribution < -0.4 is 10.1 Å². The van der Waals surface area contributed by atoms with Crippen molar-refractivity contribution >= 4 is 17.5 Å². The Kier molecular flexibility index (Phi) is 3.96. The van der Waals surface area contributed by atoms with Gasteiger partial charge in [0, 0.05) is 19.1 Å². The molecular weight excluding hydrogens is 244 g/mol. The first-order valence-electron chi connectivity index (χ1n) is 5.50. The highest BCUT2D eigenvalue weighted by atomic mass is 35.5. The van der Waals surface area contributed by atoms with Crippen molar-refractivity contribution in [2.75, 3.05) is 25.6 Å². The van der Waals surface area contributed by atoms with E-state index >= 15 is 0 Å². The topological polar surface area (TPSA) is 69.2 Å². The molecule has 0 aromatic carbocycles. The molecule has 7 heteroatoms. The van der Waals surface area contributed by atoms with Crippen molar-refractivity contribution in [3.05, 3.63) is 5.28 Å². The van der Waals surface area contributed by atoms with Crippen LogP contribution in [0.15, 0.2) is 0 Å². The zero-order chi connectivity index (χ0) is 12.3. The van der Waals surface area contributed by atoms with E-state index in [4.69, 9.17) is 21.1 Å². The molecule has 2 atom stereocenters. The molecule has 0 bridgehead atoms. The van der Waals surface area contributed by atoms with Crippen LogP contribution in [0.3, 0.4) is 0 Å². The molecule has 1 fully saturated rings. The molecule has 1 aromatic rings. The smallest absolute Gasteiger partial charge is 0.322 e. The molecule has 0 saturated carbocycles.